The number of hydrogen-bond acceptors (Lipinski definition) is 7. The Morgan fingerprint density at radius 1 is 0.892 bits per heavy atom. The highest BCUT2D eigenvalue weighted by molar-refractivity contribution is 6.11. The zero-order chi connectivity index (χ0) is 26.1. The lowest BCUT2D eigenvalue weighted by molar-refractivity contribution is 0.101. The van der Waals surface area contributed by atoms with Gasteiger partial charge in [0.2, 0.25) is 5.78 Å². The molecule has 1 aliphatic heterocycles. The van der Waals surface area contributed by atoms with Crippen LogP contribution in [0.25, 0.3) is 11.0 Å². The minimum atomic E-state index is -1.74. The van der Waals surface area contributed by atoms with E-state index in [0.29, 0.717) is 43.7 Å². The molecule has 3 heterocycles. The smallest absolute Gasteiger partial charge is 0.255 e. The summed E-state index contributed by atoms with van der Waals surface area (Å²) in [5.74, 6) is -7.05. The van der Waals surface area contributed by atoms with Crippen LogP contribution in [0, 0.1) is 23.3 Å². The number of anilines is 2. The number of aromatic nitrogens is 3. The fourth-order valence-electron chi connectivity index (χ4n) is 3.79. The van der Waals surface area contributed by atoms with E-state index in [-0.39, 0.29) is 11.1 Å². The number of nitrogens with zero attached hydrogens (tertiary/aromatic N) is 4. The molecule has 5 rings (SSSR count). The van der Waals surface area contributed by atoms with Crippen LogP contribution in [0.1, 0.15) is 26.4 Å². The second-order valence-corrected chi connectivity index (χ2v) is 8.08. The molecule has 0 bridgehead atoms. The van der Waals surface area contributed by atoms with Crippen LogP contribution < -0.4 is 10.2 Å². The molecule has 0 radical (unpaired) electrons. The van der Waals surface area contributed by atoms with E-state index in [2.05, 4.69) is 20.3 Å². The molecule has 37 heavy (non-hydrogen) atoms. The molecule has 1 saturated heterocycles. The van der Waals surface area contributed by atoms with E-state index in [1.54, 1.807) is 6.20 Å². The van der Waals surface area contributed by atoms with Gasteiger partial charge in [-0.25, -0.2) is 27.5 Å². The first kappa shape index (κ1) is 24.3. The molecule has 1 amide bonds. The lowest BCUT2D eigenvalue weighted by Crippen LogP contribution is -2.36. The number of carbonyl (C=O) groups is 2. The highest BCUT2D eigenvalue weighted by Crippen LogP contribution is 2.27. The van der Waals surface area contributed by atoms with Gasteiger partial charge in [-0.3, -0.25) is 14.6 Å². The van der Waals surface area contributed by atoms with E-state index in [0.717, 1.165) is 24.3 Å². The minimum absolute atomic E-state index is 0.0655. The van der Waals surface area contributed by atoms with Crippen molar-refractivity contribution in [2.45, 2.75) is 0 Å². The number of ether oxygens (including phenoxy) is 1. The molecular weight excluding hydrogens is 494 g/mol. The number of nitrogens with one attached hydrogen (secondary N) is 1. The summed E-state index contributed by atoms with van der Waals surface area (Å²) >= 11 is 0. The van der Waals surface area contributed by atoms with Crippen molar-refractivity contribution in [1.29, 1.82) is 0 Å². The number of pyridine rings is 1. The van der Waals surface area contributed by atoms with Gasteiger partial charge in [0, 0.05) is 24.7 Å². The number of ketones is 1. The Kier molecular flexibility index (Phi) is 6.49. The Morgan fingerprint density at radius 3 is 2.35 bits per heavy atom. The number of halogens is 4. The summed E-state index contributed by atoms with van der Waals surface area (Å²) in [5, 5.41) is 2.08. The van der Waals surface area contributed by atoms with Gasteiger partial charge < -0.3 is 15.0 Å². The molecule has 1 fully saturated rings. The first-order valence-electron chi connectivity index (χ1n) is 11.1. The number of rotatable bonds is 5. The standard InChI is InChI=1S/C25H17F4N5O3/c26-14-3-1-13(2-4-14)25(36)33-17-9-15(27)22(28)21(23(17)29)24(35)18-10-16-19(11-30-18)31-12-20(32-16)34-5-7-37-8-6-34/h1-4,9-12H,5-8H2,(H,33,36). The highest BCUT2D eigenvalue weighted by Gasteiger charge is 2.27. The number of morpholine rings is 1. The summed E-state index contributed by atoms with van der Waals surface area (Å²) in [5.41, 5.74) is -1.90. The first-order chi connectivity index (χ1) is 17.8. The van der Waals surface area contributed by atoms with E-state index in [1.165, 1.54) is 12.3 Å². The van der Waals surface area contributed by atoms with E-state index in [9.17, 15) is 22.8 Å². The summed E-state index contributed by atoms with van der Waals surface area (Å²) in [4.78, 5) is 40.0. The van der Waals surface area contributed by atoms with Crippen molar-refractivity contribution in [3.8, 4) is 0 Å². The van der Waals surface area contributed by atoms with E-state index in [4.69, 9.17) is 4.74 Å². The predicted molar refractivity (Wildman–Crippen MR) is 124 cm³/mol. The van der Waals surface area contributed by atoms with Gasteiger partial charge in [-0.05, 0) is 30.3 Å². The summed E-state index contributed by atoms with van der Waals surface area (Å²) in [7, 11) is 0. The van der Waals surface area contributed by atoms with Crippen molar-refractivity contribution < 1.29 is 31.9 Å². The molecule has 0 atom stereocenters. The fraction of sp³-hybridized carbons (Fsp3) is 0.160. The molecule has 12 heteroatoms. The Morgan fingerprint density at radius 2 is 1.62 bits per heavy atom. The fourth-order valence-corrected chi connectivity index (χ4v) is 3.79. The van der Waals surface area contributed by atoms with Gasteiger partial charge in [0.05, 0.1) is 36.8 Å². The second-order valence-electron chi connectivity index (χ2n) is 8.08. The van der Waals surface area contributed by atoms with Gasteiger partial charge in [-0.2, -0.15) is 0 Å². The zero-order valence-electron chi connectivity index (χ0n) is 19.0. The second kappa shape index (κ2) is 9.90. The third-order valence-corrected chi connectivity index (χ3v) is 5.72. The lowest BCUT2D eigenvalue weighted by Gasteiger charge is -2.27. The Hall–Kier alpha value is -4.45. The summed E-state index contributed by atoms with van der Waals surface area (Å²) < 4.78 is 62.7. The number of carbonyl (C=O) groups excluding carboxylic acids is 2. The Labute approximate surface area is 206 Å². The zero-order valence-corrected chi connectivity index (χ0v) is 19.0. The normalized spacial score (nSPS) is 13.6. The maximum atomic E-state index is 15.2. The average Bonchev–Trinajstić information content (AvgIpc) is 2.92. The predicted octanol–water partition coefficient (Wildman–Crippen LogP) is 3.90. The third-order valence-electron chi connectivity index (χ3n) is 5.72. The number of hydrogen-bond donors (Lipinski definition) is 1. The molecule has 4 aromatic rings. The number of amides is 1. The van der Waals surface area contributed by atoms with Crippen molar-refractivity contribution >= 4 is 34.2 Å². The maximum Gasteiger partial charge on any atom is 0.255 e. The van der Waals surface area contributed by atoms with Gasteiger partial charge in [0.15, 0.2) is 17.5 Å². The van der Waals surface area contributed by atoms with Crippen LogP contribution in [-0.4, -0.2) is 52.9 Å². The number of benzene rings is 2. The van der Waals surface area contributed by atoms with E-state index in [1.807, 2.05) is 4.90 Å². The minimum Gasteiger partial charge on any atom is -0.378 e. The highest BCUT2D eigenvalue weighted by atomic mass is 19.2. The van der Waals surface area contributed by atoms with Crippen molar-refractivity contribution in [2.75, 3.05) is 36.5 Å². The largest absolute Gasteiger partial charge is 0.378 e. The van der Waals surface area contributed by atoms with Crippen molar-refractivity contribution in [1.82, 2.24) is 15.0 Å². The molecule has 0 unspecified atom stereocenters. The summed E-state index contributed by atoms with van der Waals surface area (Å²) in [6.45, 7) is 2.20. The van der Waals surface area contributed by atoms with Crippen LogP contribution in [0.5, 0.6) is 0 Å². The van der Waals surface area contributed by atoms with Crippen LogP contribution in [-0.2, 0) is 4.74 Å². The van der Waals surface area contributed by atoms with Crippen molar-refractivity contribution in [3.63, 3.8) is 0 Å². The Bertz CT molecular complexity index is 1530. The van der Waals surface area contributed by atoms with Gasteiger partial charge in [0.25, 0.3) is 5.91 Å². The molecule has 0 saturated carbocycles. The van der Waals surface area contributed by atoms with Gasteiger partial charge in [-0.1, -0.05) is 0 Å². The average molecular weight is 511 g/mol. The Balaban J connectivity index is 1.48. The van der Waals surface area contributed by atoms with E-state index < -0.39 is 51.9 Å². The quantitative estimate of drug-likeness (QED) is 0.247. The van der Waals surface area contributed by atoms with Crippen molar-refractivity contribution in [3.05, 3.63) is 88.9 Å². The van der Waals surface area contributed by atoms with Crippen LogP contribution >= 0.6 is 0 Å². The van der Waals surface area contributed by atoms with Gasteiger partial charge >= 0.3 is 0 Å². The maximum absolute atomic E-state index is 15.2. The van der Waals surface area contributed by atoms with Gasteiger partial charge in [0.1, 0.15) is 28.4 Å². The van der Waals surface area contributed by atoms with Gasteiger partial charge in [-0.15, -0.1) is 0 Å². The number of fused-ring (bicyclic) bond motifs is 1. The van der Waals surface area contributed by atoms with Crippen LogP contribution in [0.2, 0.25) is 0 Å². The molecular formula is C25H17F4N5O3. The lowest BCUT2D eigenvalue weighted by atomic mass is 10.0. The molecule has 2 aromatic heterocycles. The van der Waals surface area contributed by atoms with Crippen LogP contribution in [0.3, 0.4) is 0 Å². The SMILES string of the molecule is O=C(Nc1cc(F)c(F)c(C(=O)c2cc3nc(N4CCOCC4)cnc3cn2)c1F)c1ccc(F)cc1. The topological polar surface area (TPSA) is 97.3 Å². The van der Waals surface area contributed by atoms with Crippen molar-refractivity contribution in [2.24, 2.45) is 0 Å². The van der Waals surface area contributed by atoms with E-state index >= 15 is 4.39 Å². The first-order valence-corrected chi connectivity index (χ1v) is 11.1. The molecule has 188 valence electrons. The molecule has 8 nitrogen and oxygen atoms in total. The molecule has 1 aliphatic rings. The monoisotopic (exact) mass is 511 g/mol. The third kappa shape index (κ3) is 4.83. The van der Waals surface area contributed by atoms with Crippen LogP contribution in [0.15, 0.2) is 48.8 Å². The summed E-state index contributed by atoms with van der Waals surface area (Å²) in [6, 6.07) is 5.87. The summed E-state index contributed by atoms with van der Waals surface area (Å²) in [6.07, 6.45) is 2.75. The molecule has 0 spiro atoms. The molecule has 1 N–H and O–H groups in total. The molecule has 2 aromatic carbocycles. The van der Waals surface area contributed by atoms with Crippen LogP contribution in [0.4, 0.5) is 29.1 Å². The molecule has 0 aliphatic carbocycles.